The Kier molecular flexibility index (Phi) is 4.08. The molecule has 2 N–H and O–H groups in total. The predicted octanol–water partition coefficient (Wildman–Crippen LogP) is 2.07. The molecule has 1 saturated carbocycles. The van der Waals surface area contributed by atoms with Crippen LogP contribution in [0.4, 0.5) is 5.82 Å². The van der Waals surface area contributed by atoms with Crippen LogP contribution in [0, 0.1) is 11.8 Å². The highest BCUT2D eigenvalue weighted by Crippen LogP contribution is 2.38. The van der Waals surface area contributed by atoms with Crippen molar-refractivity contribution in [1.82, 2.24) is 24.7 Å². The normalized spacial score (nSPS) is 23.4. The van der Waals surface area contributed by atoms with Crippen molar-refractivity contribution in [2.75, 3.05) is 18.5 Å². The Morgan fingerprint density at radius 1 is 1.43 bits per heavy atom. The van der Waals surface area contributed by atoms with Gasteiger partial charge in [-0.05, 0) is 37.4 Å². The molecule has 8 heteroatoms. The number of aromatic nitrogens is 4. The lowest BCUT2D eigenvalue weighted by Gasteiger charge is -2.27. The van der Waals surface area contributed by atoms with E-state index in [1.165, 1.54) is 0 Å². The van der Waals surface area contributed by atoms with Gasteiger partial charge < -0.3 is 15.4 Å². The summed E-state index contributed by atoms with van der Waals surface area (Å²) in [7, 11) is 1.91. The quantitative estimate of drug-likeness (QED) is 0.684. The lowest BCUT2D eigenvalue weighted by atomic mass is 10.1. The number of nitrogens with one attached hydrogen (secondary N) is 2. The molecule has 0 bridgehead atoms. The zero-order valence-corrected chi connectivity index (χ0v) is 16.1. The van der Waals surface area contributed by atoms with E-state index in [1.54, 1.807) is 10.7 Å². The Morgan fingerprint density at radius 2 is 2.25 bits per heavy atom. The maximum Gasteiger partial charge on any atom is 0.228 e. The van der Waals surface area contributed by atoms with Crippen LogP contribution < -0.4 is 15.4 Å². The highest BCUT2D eigenvalue weighted by Gasteiger charge is 2.39. The van der Waals surface area contributed by atoms with Gasteiger partial charge in [-0.15, -0.1) is 0 Å². The number of ether oxygens (including phenoxy) is 1. The smallest absolute Gasteiger partial charge is 0.228 e. The average molecular weight is 380 g/mol. The molecule has 1 saturated heterocycles. The number of fused-ring (bicyclic) bond motifs is 1. The summed E-state index contributed by atoms with van der Waals surface area (Å²) in [5.74, 6) is 2.01. The number of nitrogens with zero attached hydrogens (tertiary/aromatic N) is 4. The third kappa shape index (κ3) is 3.13. The van der Waals surface area contributed by atoms with Crippen molar-refractivity contribution in [3.8, 4) is 17.0 Å². The van der Waals surface area contributed by atoms with Crippen LogP contribution in [0.2, 0.25) is 0 Å². The topological polar surface area (TPSA) is 85.5 Å². The Morgan fingerprint density at radius 3 is 2.96 bits per heavy atom. The second kappa shape index (κ2) is 6.63. The summed E-state index contributed by atoms with van der Waals surface area (Å²) in [6.45, 7) is 3.79. The van der Waals surface area contributed by atoms with Gasteiger partial charge in [-0.2, -0.15) is 10.2 Å². The van der Waals surface area contributed by atoms with Crippen molar-refractivity contribution in [1.29, 1.82) is 0 Å². The van der Waals surface area contributed by atoms with Gasteiger partial charge in [0.2, 0.25) is 5.91 Å². The summed E-state index contributed by atoms with van der Waals surface area (Å²) < 4.78 is 9.60. The van der Waals surface area contributed by atoms with Crippen molar-refractivity contribution < 1.29 is 9.53 Å². The summed E-state index contributed by atoms with van der Waals surface area (Å²) in [6, 6.07) is 6.34. The lowest BCUT2D eigenvalue weighted by Crippen LogP contribution is -2.46. The van der Waals surface area contributed by atoms with Gasteiger partial charge in [0, 0.05) is 36.8 Å². The molecule has 5 rings (SSSR count). The van der Waals surface area contributed by atoms with Gasteiger partial charge in [0.1, 0.15) is 12.3 Å². The number of hydrogen-bond acceptors (Lipinski definition) is 5. The van der Waals surface area contributed by atoms with E-state index < -0.39 is 0 Å². The van der Waals surface area contributed by atoms with Gasteiger partial charge in [-0.1, -0.05) is 6.92 Å². The number of aryl methyl sites for hydroxylation is 1. The molecule has 3 aromatic rings. The number of amides is 1. The highest BCUT2D eigenvalue weighted by molar-refractivity contribution is 5.94. The number of hydrogen-bond donors (Lipinski definition) is 2. The third-order valence-electron chi connectivity index (χ3n) is 5.71. The molecule has 3 aromatic heterocycles. The highest BCUT2D eigenvalue weighted by atomic mass is 16.5. The van der Waals surface area contributed by atoms with Crippen LogP contribution in [-0.4, -0.2) is 44.5 Å². The molecule has 1 unspecified atom stereocenters. The number of carbonyl (C=O) groups is 1. The molecular formula is C20H24N6O2. The summed E-state index contributed by atoms with van der Waals surface area (Å²) in [6.07, 6.45) is 5.76. The molecule has 2 fully saturated rings. The van der Waals surface area contributed by atoms with E-state index in [4.69, 9.17) is 4.74 Å². The van der Waals surface area contributed by atoms with E-state index in [0.29, 0.717) is 24.4 Å². The molecule has 1 amide bonds. The van der Waals surface area contributed by atoms with Crippen LogP contribution in [0.1, 0.15) is 19.8 Å². The monoisotopic (exact) mass is 380 g/mol. The van der Waals surface area contributed by atoms with Gasteiger partial charge in [-0.3, -0.25) is 9.48 Å². The fourth-order valence-electron chi connectivity index (χ4n) is 3.64. The molecule has 8 nitrogen and oxygen atoms in total. The zero-order chi connectivity index (χ0) is 19.3. The first-order valence-electron chi connectivity index (χ1n) is 9.77. The minimum atomic E-state index is 0.0584. The summed E-state index contributed by atoms with van der Waals surface area (Å²) in [4.78, 5) is 12.2. The van der Waals surface area contributed by atoms with Crippen LogP contribution in [-0.2, 0) is 11.8 Å². The first-order chi connectivity index (χ1) is 13.6. The van der Waals surface area contributed by atoms with Gasteiger partial charge in [-0.25, -0.2) is 4.52 Å². The molecule has 4 heterocycles. The maximum atomic E-state index is 12.2. The summed E-state index contributed by atoms with van der Waals surface area (Å²) in [5, 5.41) is 15.1. The van der Waals surface area contributed by atoms with Crippen LogP contribution in [0.15, 0.2) is 30.6 Å². The van der Waals surface area contributed by atoms with Gasteiger partial charge in [0.05, 0.1) is 11.7 Å². The minimum absolute atomic E-state index is 0.0584. The molecule has 0 aromatic carbocycles. The van der Waals surface area contributed by atoms with E-state index in [0.717, 1.165) is 41.9 Å². The van der Waals surface area contributed by atoms with Crippen LogP contribution in [0.25, 0.3) is 16.8 Å². The molecule has 146 valence electrons. The molecule has 0 spiro atoms. The number of rotatable bonds is 6. The van der Waals surface area contributed by atoms with Gasteiger partial charge in [0.25, 0.3) is 0 Å². The van der Waals surface area contributed by atoms with Crippen LogP contribution >= 0.6 is 0 Å². The van der Waals surface area contributed by atoms with Crippen molar-refractivity contribution >= 4 is 17.2 Å². The second-order valence-electron chi connectivity index (χ2n) is 7.85. The Balaban J connectivity index is 1.38. The van der Waals surface area contributed by atoms with Crippen molar-refractivity contribution in [3.05, 3.63) is 30.6 Å². The Bertz CT molecular complexity index is 1030. The molecule has 3 atom stereocenters. The number of pyridine rings is 1. The lowest BCUT2D eigenvalue weighted by molar-refractivity contribution is -0.117. The van der Waals surface area contributed by atoms with Crippen LogP contribution in [0.3, 0.4) is 0 Å². The Labute approximate surface area is 162 Å². The van der Waals surface area contributed by atoms with E-state index in [9.17, 15) is 4.79 Å². The molecule has 0 radical (unpaired) electrons. The molecule has 28 heavy (non-hydrogen) atoms. The minimum Gasteiger partial charge on any atom is -0.488 e. The molecule has 2 aliphatic rings. The largest absolute Gasteiger partial charge is 0.488 e. The van der Waals surface area contributed by atoms with E-state index in [2.05, 4.69) is 27.8 Å². The van der Waals surface area contributed by atoms with Crippen molar-refractivity contribution in [2.45, 2.75) is 25.8 Å². The first kappa shape index (κ1) is 17.2. The SMILES string of the molecule is C[C@H]1C[C@@H]1C(=O)Nc1cc2cc(-c3c(OCC4CCN4)cnn3C)ccn2n1. The second-order valence-corrected chi connectivity index (χ2v) is 7.85. The van der Waals surface area contributed by atoms with E-state index >= 15 is 0 Å². The number of anilines is 1. The first-order valence-corrected chi connectivity index (χ1v) is 9.77. The summed E-state index contributed by atoms with van der Waals surface area (Å²) >= 11 is 0. The van der Waals surface area contributed by atoms with Crippen molar-refractivity contribution in [2.24, 2.45) is 18.9 Å². The van der Waals surface area contributed by atoms with Crippen LogP contribution in [0.5, 0.6) is 5.75 Å². The maximum absolute atomic E-state index is 12.2. The standard InChI is InChI=1S/C20H24N6O2/c1-12-7-16(12)20(27)23-18-9-15-8-13(4-6-26(15)24-18)19-17(10-22-25(19)2)28-11-14-3-5-21-14/h4,6,8-10,12,14,16,21H,3,5,7,11H2,1-2H3,(H,23,24,27)/t12-,14?,16-/m0/s1. The Hall–Kier alpha value is -2.87. The van der Waals surface area contributed by atoms with Crippen molar-refractivity contribution in [3.63, 3.8) is 0 Å². The van der Waals surface area contributed by atoms with E-state index in [1.807, 2.05) is 36.1 Å². The zero-order valence-electron chi connectivity index (χ0n) is 16.1. The van der Waals surface area contributed by atoms with E-state index in [-0.39, 0.29) is 11.8 Å². The van der Waals surface area contributed by atoms with Gasteiger partial charge >= 0.3 is 0 Å². The fourth-order valence-corrected chi connectivity index (χ4v) is 3.64. The summed E-state index contributed by atoms with van der Waals surface area (Å²) in [5.41, 5.74) is 2.84. The third-order valence-corrected chi connectivity index (χ3v) is 5.71. The fraction of sp³-hybridized carbons (Fsp3) is 0.450. The average Bonchev–Trinajstić information content (AvgIpc) is 3.06. The predicted molar refractivity (Wildman–Crippen MR) is 105 cm³/mol. The molecular weight excluding hydrogens is 356 g/mol. The molecule has 1 aliphatic heterocycles. The number of carbonyl (C=O) groups excluding carboxylic acids is 1. The molecule has 1 aliphatic carbocycles. The van der Waals surface area contributed by atoms with Gasteiger partial charge in [0.15, 0.2) is 11.6 Å².